The minimum atomic E-state index is -5.89. The Morgan fingerprint density at radius 2 is 1.73 bits per heavy atom. The number of carbonyl (C=O) groups is 4. The summed E-state index contributed by atoms with van der Waals surface area (Å²) in [4.78, 5) is 52.5. The molecule has 2 aliphatic rings. The van der Waals surface area contributed by atoms with Crippen molar-refractivity contribution in [3.63, 3.8) is 0 Å². The summed E-state index contributed by atoms with van der Waals surface area (Å²) < 4.78 is 72.6. The lowest BCUT2D eigenvalue weighted by Crippen LogP contribution is -2.54. The molecule has 0 bridgehead atoms. The smallest absolute Gasteiger partial charge is 0.449 e. The fraction of sp³-hybridized carbons (Fsp3) is 0.545. The molecule has 0 saturated heterocycles. The van der Waals surface area contributed by atoms with Crippen LogP contribution in [0.2, 0.25) is 0 Å². The molecule has 0 aromatic heterocycles. The van der Waals surface area contributed by atoms with Crippen LogP contribution >= 0.6 is 0 Å². The number of benzene rings is 1. The van der Waals surface area contributed by atoms with Crippen molar-refractivity contribution in [2.24, 2.45) is 5.92 Å². The number of fused-ring (bicyclic) bond motifs is 1. The number of hydrogen-bond acceptors (Lipinski definition) is 6. The van der Waals surface area contributed by atoms with Gasteiger partial charge in [0.1, 0.15) is 6.04 Å². The molecule has 0 spiro atoms. The molecule has 1 heterocycles. The fourth-order valence-electron chi connectivity index (χ4n) is 3.35. The van der Waals surface area contributed by atoms with Crippen LogP contribution in [0.3, 0.4) is 0 Å². The van der Waals surface area contributed by atoms with Crippen LogP contribution in [-0.2, 0) is 19.1 Å². The normalized spacial score (nSPS) is 18.9. The number of nitrogens with one attached hydrogen (secondary N) is 2. The highest BCUT2D eigenvalue weighted by Crippen LogP contribution is 2.35. The Hall–Kier alpha value is -3.65. The van der Waals surface area contributed by atoms with Gasteiger partial charge in [-0.3, -0.25) is 14.5 Å². The molecule has 1 aromatic carbocycles. The minimum absolute atomic E-state index is 0.200. The number of likely N-dealkylation sites (N-methyl/N-ethyl adjacent to an activating group) is 1. The van der Waals surface area contributed by atoms with Crippen LogP contribution in [0.1, 0.15) is 19.8 Å². The second kappa shape index (κ2) is 10.8. The average molecular weight is 536 g/mol. The van der Waals surface area contributed by atoms with Crippen LogP contribution < -0.4 is 20.4 Å². The number of carbonyl (C=O) groups excluding carboxylic acids is 4. The molecule has 1 unspecified atom stereocenters. The van der Waals surface area contributed by atoms with Crippen molar-refractivity contribution in [2.45, 2.75) is 44.0 Å². The molecule has 1 saturated carbocycles. The van der Waals surface area contributed by atoms with Crippen molar-refractivity contribution in [1.29, 1.82) is 0 Å². The van der Waals surface area contributed by atoms with E-state index in [-0.39, 0.29) is 19.1 Å². The highest BCUT2D eigenvalue weighted by Gasteiger charge is 2.57. The van der Waals surface area contributed by atoms with Gasteiger partial charge in [-0.1, -0.05) is 12.1 Å². The SMILES string of the molecule is C[C@H](OC(=O)NCC(F)(F)C(F)(F)F)C(=O)NC1CN(C(=O)OCC2CC2)c2ccccc2N(C)C1=O. The van der Waals surface area contributed by atoms with E-state index in [0.29, 0.717) is 11.4 Å². The Morgan fingerprint density at radius 1 is 1.11 bits per heavy atom. The van der Waals surface area contributed by atoms with Crippen LogP contribution in [0.15, 0.2) is 24.3 Å². The van der Waals surface area contributed by atoms with Crippen LogP contribution in [0.5, 0.6) is 0 Å². The van der Waals surface area contributed by atoms with E-state index < -0.39 is 54.8 Å². The molecule has 1 aliphatic heterocycles. The number of nitrogens with zero attached hydrogens (tertiary/aromatic N) is 2. The summed E-state index contributed by atoms with van der Waals surface area (Å²) in [5.41, 5.74) is 0.715. The highest BCUT2D eigenvalue weighted by atomic mass is 19.4. The van der Waals surface area contributed by atoms with Crippen LogP contribution in [0, 0.1) is 5.92 Å². The Labute approximate surface area is 208 Å². The summed E-state index contributed by atoms with van der Waals surface area (Å²) >= 11 is 0. The number of alkyl carbamates (subject to hydrolysis) is 1. The van der Waals surface area contributed by atoms with Gasteiger partial charge >= 0.3 is 24.3 Å². The second-order valence-electron chi connectivity index (χ2n) is 8.68. The maximum Gasteiger partial charge on any atom is 0.455 e. The summed E-state index contributed by atoms with van der Waals surface area (Å²) in [5.74, 6) is -6.62. The Kier molecular flexibility index (Phi) is 8.12. The van der Waals surface area contributed by atoms with Gasteiger partial charge in [-0.25, -0.2) is 9.59 Å². The van der Waals surface area contributed by atoms with Crippen molar-refractivity contribution in [2.75, 3.05) is 36.5 Å². The van der Waals surface area contributed by atoms with Gasteiger partial charge in [0.05, 0.1) is 31.1 Å². The van der Waals surface area contributed by atoms with Crippen molar-refractivity contribution in [3.05, 3.63) is 24.3 Å². The molecule has 1 aromatic rings. The van der Waals surface area contributed by atoms with Gasteiger partial charge in [0.2, 0.25) is 0 Å². The van der Waals surface area contributed by atoms with Crippen molar-refractivity contribution >= 4 is 35.4 Å². The van der Waals surface area contributed by atoms with Gasteiger partial charge in [-0.2, -0.15) is 22.0 Å². The van der Waals surface area contributed by atoms with E-state index >= 15 is 0 Å². The molecule has 2 N–H and O–H groups in total. The van der Waals surface area contributed by atoms with Crippen molar-refractivity contribution in [1.82, 2.24) is 10.6 Å². The zero-order chi connectivity index (χ0) is 27.5. The maximum atomic E-state index is 13.1. The third-order valence-corrected chi connectivity index (χ3v) is 5.73. The van der Waals surface area contributed by atoms with Gasteiger partial charge in [-0.05, 0) is 37.8 Å². The fourth-order valence-corrected chi connectivity index (χ4v) is 3.35. The maximum absolute atomic E-state index is 13.1. The Bertz CT molecular complexity index is 1050. The summed E-state index contributed by atoms with van der Waals surface area (Å²) in [6.07, 6.45) is -8.15. The van der Waals surface area contributed by atoms with Crippen molar-refractivity contribution < 1.29 is 50.6 Å². The van der Waals surface area contributed by atoms with Crippen molar-refractivity contribution in [3.8, 4) is 0 Å². The molecule has 204 valence electrons. The molecule has 37 heavy (non-hydrogen) atoms. The highest BCUT2D eigenvalue weighted by molar-refractivity contribution is 6.06. The molecule has 1 fully saturated rings. The molecular formula is C22H25F5N4O6. The monoisotopic (exact) mass is 536 g/mol. The molecule has 4 amide bonds. The number of hydrogen-bond donors (Lipinski definition) is 2. The molecule has 10 nitrogen and oxygen atoms in total. The molecule has 3 rings (SSSR count). The van der Waals surface area contributed by atoms with Gasteiger partial charge in [0.15, 0.2) is 6.10 Å². The lowest BCUT2D eigenvalue weighted by molar-refractivity contribution is -0.278. The van der Waals surface area contributed by atoms with Gasteiger partial charge < -0.3 is 25.0 Å². The lowest BCUT2D eigenvalue weighted by Gasteiger charge is -2.25. The van der Waals surface area contributed by atoms with E-state index in [1.165, 1.54) is 22.2 Å². The summed E-state index contributed by atoms with van der Waals surface area (Å²) in [7, 11) is 1.42. The van der Waals surface area contributed by atoms with Gasteiger partial charge in [0.25, 0.3) is 11.8 Å². The molecule has 1 aliphatic carbocycles. The third kappa shape index (κ3) is 6.77. The van der Waals surface area contributed by atoms with E-state index in [1.54, 1.807) is 24.3 Å². The lowest BCUT2D eigenvalue weighted by atomic mass is 10.2. The number of alkyl halides is 5. The zero-order valence-electron chi connectivity index (χ0n) is 19.8. The van der Waals surface area contributed by atoms with Crippen LogP contribution in [0.4, 0.5) is 42.9 Å². The van der Waals surface area contributed by atoms with E-state index in [2.05, 4.69) is 10.1 Å². The average Bonchev–Trinajstić information content (AvgIpc) is 3.67. The van der Waals surface area contributed by atoms with E-state index in [9.17, 15) is 41.1 Å². The quantitative estimate of drug-likeness (QED) is 0.518. The number of amides is 4. The first kappa shape index (κ1) is 27.9. The number of halogens is 5. The van der Waals surface area contributed by atoms with Crippen LogP contribution in [-0.4, -0.2) is 75.0 Å². The first-order valence-corrected chi connectivity index (χ1v) is 11.2. The predicted octanol–water partition coefficient (Wildman–Crippen LogP) is 2.81. The number of anilines is 2. The van der Waals surface area contributed by atoms with E-state index in [0.717, 1.165) is 19.8 Å². The largest absolute Gasteiger partial charge is 0.455 e. The topological polar surface area (TPSA) is 117 Å². The van der Waals surface area contributed by atoms with E-state index in [4.69, 9.17) is 4.74 Å². The van der Waals surface area contributed by atoms with Gasteiger partial charge in [-0.15, -0.1) is 0 Å². The first-order chi connectivity index (χ1) is 17.2. The second-order valence-corrected chi connectivity index (χ2v) is 8.68. The molecular weight excluding hydrogens is 511 g/mol. The van der Waals surface area contributed by atoms with Gasteiger partial charge in [0, 0.05) is 7.05 Å². The molecule has 0 radical (unpaired) electrons. The number of para-hydroxylation sites is 2. The standard InChI is InChI=1S/C22H25F5N4O6/c1-12(37-19(34)28-11-21(23,24)22(25,26)27)17(32)29-14-9-31(20(35)36-10-13-7-8-13)16-6-4-3-5-15(16)30(2)18(14)33/h3-6,12-14H,7-11H2,1-2H3,(H,28,34)(H,29,32)/t12-,14?/m0/s1. The minimum Gasteiger partial charge on any atom is -0.449 e. The summed E-state index contributed by atoms with van der Waals surface area (Å²) in [6, 6.07) is 5.14. The first-order valence-electron chi connectivity index (χ1n) is 11.2. The van der Waals surface area contributed by atoms with Crippen LogP contribution in [0.25, 0.3) is 0 Å². The summed E-state index contributed by atoms with van der Waals surface area (Å²) in [5, 5.41) is 3.58. The number of ether oxygens (including phenoxy) is 2. The molecule has 15 heteroatoms. The third-order valence-electron chi connectivity index (χ3n) is 5.73. The Balaban J connectivity index is 1.67. The number of rotatable bonds is 7. The zero-order valence-corrected chi connectivity index (χ0v) is 19.8. The predicted molar refractivity (Wildman–Crippen MR) is 118 cm³/mol. The Morgan fingerprint density at radius 3 is 2.32 bits per heavy atom. The molecule has 2 atom stereocenters. The summed E-state index contributed by atoms with van der Waals surface area (Å²) in [6.45, 7) is -1.21. The van der Waals surface area contributed by atoms with E-state index in [1.807, 2.05) is 0 Å².